The van der Waals surface area contributed by atoms with Crippen LogP contribution in [0.4, 0.5) is 4.39 Å². The summed E-state index contributed by atoms with van der Waals surface area (Å²) < 4.78 is 13.1. The van der Waals surface area contributed by atoms with Crippen LogP contribution in [-0.2, 0) is 6.54 Å². The van der Waals surface area contributed by atoms with E-state index in [2.05, 4.69) is 41.0 Å². The van der Waals surface area contributed by atoms with Gasteiger partial charge in [-0.05, 0) is 42.2 Å². The van der Waals surface area contributed by atoms with Crippen molar-refractivity contribution in [2.45, 2.75) is 40.3 Å². The smallest absolute Gasteiger partial charge is 0.263 e. The van der Waals surface area contributed by atoms with Gasteiger partial charge in [-0.1, -0.05) is 32.9 Å². The van der Waals surface area contributed by atoms with Gasteiger partial charge in [0.15, 0.2) is 5.65 Å². The molecule has 0 fully saturated rings. The number of carbonyl (C=O) groups excluding carboxylic acids is 2. The van der Waals surface area contributed by atoms with Crippen molar-refractivity contribution < 1.29 is 14.0 Å². The number of nitrogens with zero attached hydrogens (tertiary/aromatic N) is 3. The first-order valence-corrected chi connectivity index (χ1v) is 12.1. The second-order valence-corrected chi connectivity index (χ2v) is 10.8. The fraction of sp³-hybridized carbons (Fsp3) is 0.308. The van der Waals surface area contributed by atoms with Crippen molar-refractivity contribution in [2.24, 2.45) is 5.41 Å². The van der Waals surface area contributed by atoms with Crippen molar-refractivity contribution >= 4 is 34.3 Å². The van der Waals surface area contributed by atoms with Crippen molar-refractivity contribution in [2.75, 3.05) is 7.05 Å². The highest BCUT2D eigenvalue weighted by Crippen LogP contribution is 2.29. The molecule has 9 heteroatoms. The number of thiophene rings is 1. The Kier molecular flexibility index (Phi) is 6.71. The Morgan fingerprint density at radius 2 is 1.89 bits per heavy atom. The molecule has 4 rings (SSSR count). The van der Waals surface area contributed by atoms with E-state index in [9.17, 15) is 14.0 Å². The van der Waals surface area contributed by atoms with E-state index in [1.165, 1.54) is 23.5 Å². The largest absolute Gasteiger partial charge is 0.349 e. The van der Waals surface area contributed by atoms with Crippen LogP contribution in [0.1, 0.15) is 53.3 Å². The number of benzene rings is 1. The fourth-order valence-electron chi connectivity index (χ4n) is 3.39. The number of hydrogen-bond donors (Lipinski definition) is 2. The van der Waals surface area contributed by atoms with Gasteiger partial charge in [0, 0.05) is 25.8 Å². The molecule has 0 bridgehead atoms. The van der Waals surface area contributed by atoms with Crippen LogP contribution in [0, 0.1) is 11.2 Å². The van der Waals surface area contributed by atoms with E-state index in [1.807, 2.05) is 13.0 Å². The molecule has 1 aromatic carbocycles. The van der Waals surface area contributed by atoms with E-state index in [-0.39, 0.29) is 29.1 Å². The number of halogens is 1. The van der Waals surface area contributed by atoms with Crippen LogP contribution in [0.5, 0.6) is 0 Å². The highest BCUT2D eigenvalue weighted by molar-refractivity contribution is 7.17. The third-order valence-corrected chi connectivity index (χ3v) is 7.12. The SMILES string of the molecule is CC(NC(=O)c1c[nH]c2ncc(-c3ccc(C(=O)N(C)Cc4ccc(F)cc4)s3)nc12)C(C)(C)C. The summed E-state index contributed by atoms with van der Waals surface area (Å²) in [4.78, 5) is 40.9. The number of fused-ring (bicyclic) bond motifs is 1. The molecule has 0 aliphatic heterocycles. The third-order valence-electron chi connectivity index (χ3n) is 6.02. The highest BCUT2D eigenvalue weighted by atomic mass is 32.1. The summed E-state index contributed by atoms with van der Waals surface area (Å²) in [6.07, 6.45) is 3.24. The van der Waals surface area contributed by atoms with Crippen LogP contribution in [0.25, 0.3) is 21.7 Å². The number of aromatic nitrogens is 3. The standard InChI is InChI=1S/C26H28FN5O2S/c1-15(26(2,3)4)30-24(33)18-12-28-23-22(18)31-19(13-29-23)20-10-11-21(35-20)25(34)32(5)14-16-6-8-17(27)9-7-16/h6-13,15H,14H2,1-5H3,(H,28,29)(H,30,33). The Labute approximate surface area is 207 Å². The lowest BCUT2D eigenvalue weighted by molar-refractivity contribution is 0.0789. The second kappa shape index (κ2) is 9.58. The van der Waals surface area contributed by atoms with E-state index < -0.39 is 0 Å². The van der Waals surface area contributed by atoms with Gasteiger partial charge in [0.05, 0.1) is 27.2 Å². The Morgan fingerprint density at radius 3 is 2.57 bits per heavy atom. The van der Waals surface area contributed by atoms with Crippen LogP contribution < -0.4 is 5.32 Å². The number of aromatic amines is 1. The highest BCUT2D eigenvalue weighted by Gasteiger charge is 2.24. The van der Waals surface area contributed by atoms with Crippen molar-refractivity contribution in [3.8, 4) is 10.6 Å². The zero-order chi connectivity index (χ0) is 25.3. The molecular weight excluding hydrogens is 465 g/mol. The van der Waals surface area contributed by atoms with Crippen molar-refractivity contribution in [1.29, 1.82) is 0 Å². The van der Waals surface area contributed by atoms with E-state index in [0.717, 1.165) is 10.4 Å². The number of amides is 2. The maximum atomic E-state index is 13.1. The molecule has 0 radical (unpaired) electrons. The number of carbonyl (C=O) groups is 2. The summed E-state index contributed by atoms with van der Waals surface area (Å²) in [5, 5.41) is 3.03. The first kappa shape index (κ1) is 24.5. The van der Waals surface area contributed by atoms with Gasteiger partial charge in [0.25, 0.3) is 11.8 Å². The lowest BCUT2D eigenvalue weighted by atomic mass is 9.88. The van der Waals surface area contributed by atoms with Crippen LogP contribution in [0.2, 0.25) is 0 Å². The zero-order valence-electron chi connectivity index (χ0n) is 20.3. The molecule has 0 aliphatic carbocycles. The molecule has 2 N–H and O–H groups in total. The van der Waals surface area contributed by atoms with Gasteiger partial charge in [0.2, 0.25) is 0 Å². The monoisotopic (exact) mass is 493 g/mol. The Bertz CT molecular complexity index is 1370. The van der Waals surface area contributed by atoms with Gasteiger partial charge in [-0.25, -0.2) is 14.4 Å². The van der Waals surface area contributed by atoms with Gasteiger partial charge in [-0.3, -0.25) is 9.59 Å². The maximum Gasteiger partial charge on any atom is 0.263 e. The number of rotatable bonds is 6. The number of hydrogen-bond acceptors (Lipinski definition) is 5. The zero-order valence-corrected chi connectivity index (χ0v) is 21.2. The molecule has 0 saturated carbocycles. The molecule has 2 amide bonds. The Hall–Kier alpha value is -3.59. The van der Waals surface area contributed by atoms with E-state index in [1.54, 1.807) is 42.5 Å². The van der Waals surface area contributed by atoms with Gasteiger partial charge in [-0.2, -0.15) is 0 Å². The summed E-state index contributed by atoms with van der Waals surface area (Å²) in [6, 6.07) is 9.64. The summed E-state index contributed by atoms with van der Waals surface area (Å²) >= 11 is 1.31. The molecule has 7 nitrogen and oxygen atoms in total. The average Bonchev–Trinajstić information content (AvgIpc) is 3.46. The molecule has 1 unspecified atom stereocenters. The lowest BCUT2D eigenvalue weighted by Gasteiger charge is -2.27. The van der Waals surface area contributed by atoms with Gasteiger partial charge < -0.3 is 15.2 Å². The lowest BCUT2D eigenvalue weighted by Crippen LogP contribution is -2.41. The van der Waals surface area contributed by atoms with Gasteiger partial charge in [-0.15, -0.1) is 11.3 Å². The van der Waals surface area contributed by atoms with Crippen molar-refractivity contribution in [1.82, 2.24) is 25.2 Å². The summed E-state index contributed by atoms with van der Waals surface area (Å²) in [5.74, 6) is -0.664. The first-order chi connectivity index (χ1) is 16.5. The van der Waals surface area contributed by atoms with E-state index in [4.69, 9.17) is 0 Å². The summed E-state index contributed by atoms with van der Waals surface area (Å²) in [7, 11) is 1.71. The van der Waals surface area contributed by atoms with Gasteiger partial charge in [0.1, 0.15) is 11.3 Å². The van der Waals surface area contributed by atoms with E-state index in [0.29, 0.717) is 33.8 Å². The molecule has 4 aromatic rings. The molecule has 0 aliphatic rings. The van der Waals surface area contributed by atoms with Gasteiger partial charge >= 0.3 is 0 Å². The summed E-state index contributed by atoms with van der Waals surface area (Å²) in [5.41, 5.74) is 2.78. The molecule has 35 heavy (non-hydrogen) atoms. The maximum absolute atomic E-state index is 13.1. The molecular formula is C26H28FN5O2S. The minimum atomic E-state index is -0.310. The van der Waals surface area contributed by atoms with Crippen molar-refractivity contribution in [3.63, 3.8) is 0 Å². The van der Waals surface area contributed by atoms with Crippen LogP contribution in [-0.4, -0.2) is 44.8 Å². The first-order valence-electron chi connectivity index (χ1n) is 11.3. The predicted octanol–water partition coefficient (Wildman–Crippen LogP) is 5.26. The molecule has 0 saturated heterocycles. The topological polar surface area (TPSA) is 91.0 Å². The van der Waals surface area contributed by atoms with Crippen LogP contribution >= 0.6 is 11.3 Å². The Morgan fingerprint density at radius 1 is 1.17 bits per heavy atom. The Balaban J connectivity index is 1.54. The minimum absolute atomic E-state index is 0.0335. The third kappa shape index (κ3) is 5.40. The molecule has 0 spiro atoms. The minimum Gasteiger partial charge on any atom is -0.349 e. The number of H-pyrrole nitrogens is 1. The van der Waals surface area contributed by atoms with Crippen LogP contribution in [0.3, 0.4) is 0 Å². The average molecular weight is 494 g/mol. The second-order valence-electron chi connectivity index (χ2n) is 9.67. The normalized spacial score (nSPS) is 12.5. The quantitative estimate of drug-likeness (QED) is 0.383. The van der Waals surface area contributed by atoms with Crippen LogP contribution in [0.15, 0.2) is 48.8 Å². The van der Waals surface area contributed by atoms with Crippen molar-refractivity contribution in [3.05, 3.63) is 70.6 Å². The molecule has 1 atom stereocenters. The molecule has 3 aromatic heterocycles. The number of nitrogens with one attached hydrogen (secondary N) is 2. The molecule has 182 valence electrons. The molecule has 3 heterocycles. The fourth-order valence-corrected chi connectivity index (χ4v) is 4.34. The summed E-state index contributed by atoms with van der Waals surface area (Å²) in [6.45, 7) is 8.54. The van der Waals surface area contributed by atoms with E-state index >= 15 is 0 Å². The predicted molar refractivity (Wildman–Crippen MR) is 136 cm³/mol.